The average molecular weight is 446 g/mol. The third-order valence-corrected chi connectivity index (χ3v) is 5.84. The molecule has 8 nitrogen and oxygen atoms in total. The van der Waals surface area contributed by atoms with Gasteiger partial charge in [0.2, 0.25) is 0 Å². The van der Waals surface area contributed by atoms with E-state index >= 15 is 0 Å². The molecule has 170 valence electrons. The zero-order chi connectivity index (χ0) is 23.9. The molecule has 0 saturated carbocycles. The Bertz CT molecular complexity index is 1530. The summed E-state index contributed by atoms with van der Waals surface area (Å²) in [5.74, 6) is 0. The molecule has 0 spiro atoms. The second kappa shape index (κ2) is 8.46. The van der Waals surface area contributed by atoms with Gasteiger partial charge in [-0.05, 0) is 49.7 Å². The molecule has 0 bridgehead atoms. The number of hydrogen-bond acceptors (Lipinski definition) is 5. The first-order valence-corrected chi connectivity index (χ1v) is 10.7. The monoisotopic (exact) mass is 445 g/mol. The van der Waals surface area contributed by atoms with Crippen LogP contribution in [0, 0.1) is 6.92 Å². The van der Waals surface area contributed by atoms with Gasteiger partial charge in [-0.1, -0.05) is 18.2 Å². The molecule has 4 aromatic rings. The molecule has 4 rings (SSSR count). The van der Waals surface area contributed by atoms with Crippen LogP contribution in [0.2, 0.25) is 0 Å². The maximum absolute atomic E-state index is 13.5. The predicted molar refractivity (Wildman–Crippen MR) is 134 cm³/mol. The van der Waals surface area contributed by atoms with Crippen LogP contribution in [0.25, 0.3) is 16.7 Å². The highest BCUT2D eigenvalue weighted by Crippen LogP contribution is 2.25. The van der Waals surface area contributed by atoms with Crippen molar-refractivity contribution in [1.29, 1.82) is 0 Å². The van der Waals surface area contributed by atoms with Crippen molar-refractivity contribution in [2.45, 2.75) is 20.4 Å². The third-order valence-electron chi connectivity index (χ3n) is 5.84. The number of aromatic nitrogens is 3. The van der Waals surface area contributed by atoms with Crippen molar-refractivity contribution in [3.8, 4) is 5.69 Å². The Labute approximate surface area is 191 Å². The van der Waals surface area contributed by atoms with E-state index in [1.807, 2.05) is 74.4 Å². The fourth-order valence-electron chi connectivity index (χ4n) is 4.00. The van der Waals surface area contributed by atoms with E-state index in [2.05, 4.69) is 5.32 Å². The van der Waals surface area contributed by atoms with Crippen LogP contribution in [0.4, 0.5) is 17.1 Å². The van der Waals surface area contributed by atoms with Crippen LogP contribution in [0.5, 0.6) is 0 Å². The molecule has 0 fully saturated rings. The lowest BCUT2D eigenvalue weighted by atomic mass is 10.2. The van der Waals surface area contributed by atoms with Crippen LogP contribution in [0.15, 0.2) is 69.0 Å². The Morgan fingerprint density at radius 1 is 0.970 bits per heavy atom. The van der Waals surface area contributed by atoms with Gasteiger partial charge in [-0.3, -0.25) is 18.7 Å². The summed E-state index contributed by atoms with van der Waals surface area (Å²) in [5, 5.41) is 3.50. The zero-order valence-electron chi connectivity index (χ0n) is 19.4. The number of pyridine rings is 1. The predicted octanol–water partition coefficient (Wildman–Crippen LogP) is 2.99. The number of anilines is 3. The summed E-state index contributed by atoms with van der Waals surface area (Å²) in [6.45, 7) is 3.85. The summed E-state index contributed by atoms with van der Waals surface area (Å²) in [4.78, 5) is 41.8. The second-order valence-electron chi connectivity index (χ2n) is 8.17. The first kappa shape index (κ1) is 22.1. The highest BCUT2D eigenvalue weighted by atomic mass is 16.2. The lowest BCUT2D eigenvalue weighted by Gasteiger charge is -2.19. The first-order chi connectivity index (χ1) is 15.7. The normalized spacial score (nSPS) is 11.1. The highest BCUT2D eigenvalue weighted by molar-refractivity contribution is 5.91. The molecule has 2 aromatic carbocycles. The van der Waals surface area contributed by atoms with Crippen molar-refractivity contribution in [2.75, 3.05) is 24.3 Å². The van der Waals surface area contributed by atoms with Crippen LogP contribution in [0.3, 0.4) is 0 Å². The number of nitrogens with zero attached hydrogens (tertiary/aromatic N) is 4. The fourth-order valence-corrected chi connectivity index (χ4v) is 4.00. The van der Waals surface area contributed by atoms with E-state index in [0.717, 1.165) is 16.9 Å². The number of aryl methyl sites for hydroxylation is 2. The Kier molecular flexibility index (Phi) is 5.68. The summed E-state index contributed by atoms with van der Waals surface area (Å²) in [6.07, 6.45) is 0. The number of hydrogen-bond donors (Lipinski definition) is 1. The van der Waals surface area contributed by atoms with Crippen LogP contribution >= 0.6 is 0 Å². The van der Waals surface area contributed by atoms with Gasteiger partial charge in [0.05, 0.1) is 11.4 Å². The minimum atomic E-state index is -0.480. The van der Waals surface area contributed by atoms with Crippen molar-refractivity contribution in [3.63, 3.8) is 0 Å². The Hall–Kier alpha value is -4.07. The fraction of sp³-hybridized carbons (Fsp3) is 0.240. The average Bonchev–Trinajstić information content (AvgIpc) is 2.78. The minimum Gasteiger partial charge on any atom is -0.378 e. The molecule has 0 aliphatic carbocycles. The Morgan fingerprint density at radius 3 is 2.24 bits per heavy atom. The van der Waals surface area contributed by atoms with Gasteiger partial charge in [0.15, 0.2) is 0 Å². The molecule has 33 heavy (non-hydrogen) atoms. The lowest BCUT2D eigenvalue weighted by Crippen LogP contribution is -2.41. The topological polar surface area (TPSA) is 81.3 Å². The molecule has 0 aliphatic heterocycles. The van der Waals surface area contributed by atoms with Crippen molar-refractivity contribution in [1.82, 2.24) is 13.7 Å². The maximum atomic E-state index is 13.5. The summed E-state index contributed by atoms with van der Waals surface area (Å²) in [5.41, 5.74) is 2.60. The number of rotatable bonds is 5. The summed E-state index contributed by atoms with van der Waals surface area (Å²) in [6, 6.07) is 16.5. The first-order valence-electron chi connectivity index (χ1n) is 10.7. The molecule has 0 radical (unpaired) electrons. The van der Waals surface area contributed by atoms with Crippen LogP contribution in [-0.2, 0) is 13.6 Å². The van der Waals surface area contributed by atoms with Crippen LogP contribution < -0.4 is 27.0 Å². The van der Waals surface area contributed by atoms with E-state index < -0.39 is 11.2 Å². The van der Waals surface area contributed by atoms with E-state index in [9.17, 15) is 14.4 Å². The number of nitrogens with one attached hydrogen (secondary N) is 1. The van der Waals surface area contributed by atoms with Gasteiger partial charge in [-0.2, -0.15) is 0 Å². The number of para-hydroxylation sites is 1. The van der Waals surface area contributed by atoms with Gasteiger partial charge in [0, 0.05) is 45.1 Å². The van der Waals surface area contributed by atoms with Gasteiger partial charge in [0.25, 0.3) is 11.1 Å². The molecular formula is C25H27N5O3. The second-order valence-corrected chi connectivity index (χ2v) is 8.17. The molecule has 1 N–H and O–H groups in total. The molecule has 0 unspecified atom stereocenters. The number of benzene rings is 2. The van der Waals surface area contributed by atoms with Crippen molar-refractivity contribution in [2.24, 2.45) is 7.05 Å². The summed E-state index contributed by atoms with van der Waals surface area (Å²) in [7, 11) is 5.48. The van der Waals surface area contributed by atoms with E-state index in [-0.39, 0.29) is 23.1 Å². The van der Waals surface area contributed by atoms with Gasteiger partial charge < -0.3 is 10.2 Å². The lowest BCUT2D eigenvalue weighted by molar-refractivity contribution is 0.652. The zero-order valence-corrected chi connectivity index (χ0v) is 19.4. The molecule has 0 atom stereocenters. The van der Waals surface area contributed by atoms with E-state index in [4.69, 9.17) is 0 Å². The molecule has 0 aliphatic rings. The molecule has 0 amide bonds. The van der Waals surface area contributed by atoms with Crippen LogP contribution in [0.1, 0.15) is 12.5 Å². The van der Waals surface area contributed by atoms with Crippen molar-refractivity contribution < 1.29 is 0 Å². The Balaban J connectivity index is 2.08. The van der Waals surface area contributed by atoms with Gasteiger partial charge >= 0.3 is 5.69 Å². The van der Waals surface area contributed by atoms with Crippen molar-refractivity contribution in [3.05, 3.63) is 91.4 Å². The SMILES string of the molecule is CCn1c(=O)c2c(Nc3ccc(N(C)C)cc3)cc(=O)n(C)c2n(-c2ccccc2C)c1=O. The Morgan fingerprint density at radius 2 is 1.64 bits per heavy atom. The van der Waals surface area contributed by atoms with E-state index in [0.29, 0.717) is 11.4 Å². The third kappa shape index (κ3) is 3.73. The number of fused-ring (bicyclic) bond motifs is 1. The summed E-state index contributed by atoms with van der Waals surface area (Å²) < 4.78 is 4.00. The quantitative estimate of drug-likeness (QED) is 0.511. The highest BCUT2D eigenvalue weighted by Gasteiger charge is 2.21. The molecule has 8 heteroatoms. The molecular weight excluding hydrogens is 418 g/mol. The maximum Gasteiger partial charge on any atom is 0.337 e. The molecule has 2 heterocycles. The van der Waals surface area contributed by atoms with Crippen molar-refractivity contribution >= 4 is 28.1 Å². The largest absolute Gasteiger partial charge is 0.378 e. The smallest absolute Gasteiger partial charge is 0.337 e. The van der Waals surface area contributed by atoms with E-state index in [1.165, 1.54) is 19.8 Å². The molecule has 2 aromatic heterocycles. The molecule has 0 saturated heterocycles. The minimum absolute atomic E-state index is 0.208. The van der Waals surface area contributed by atoms with Gasteiger partial charge in [0.1, 0.15) is 11.0 Å². The van der Waals surface area contributed by atoms with Crippen LogP contribution in [-0.4, -0.2) is 27.8 Å². The standard InChI is InChI=1S/C25H27N5O3/c1-6-29-24(32)22-19(26-17-11-13-18(14-12-17)27(3)4)15-21(31)28(5)23(22)30(25(29)33)20-10-8-7-9-16(20)2/h7-15,26H,6H2,1-5H3. The van der Waals surface area contributed by atoms with Gasteiger partial charge in [-0.25, -0.2) is 9.36 Å². The van der Waals surface area contributed by atoms with E-state index in [1.54, 1.807) is 14.0 Å². The summed E-state index contributed by atoms with van der Waals surface area (Å²) >= 11 is 0. The van der Waals surface area contributed by atoms with Gasteiger partial charge in [-0.15, -0.1) is 0 Å².